The van der Waals surface area contributed by atoms with E-state index in [0.29, 0.717) is 6.07 Å². The van der Waals surface area contributed by atoms with Crippen LogP contribution in [0.15, 0.2) is 12.1 Å². The summed E-state index contributed by atoms with van der Waals surface area (Å²) in [5.74, 6) is -1.99. The molecular weight excluding hydrogens is 315 g/mol. The molecule has 0 heterocycles. The lowest BCUT2D eigenvalue weighted by Gasteiger charge is -2.12. The van der Waals surface area contributed by atoms with Gasteiger partial charge in [-0.05, 0) is 12.1 Å². The van der Waals surface area contributed by atoms with Gasteiger partial charge in [0.2, 0.25) is 0 Å². The highest BCUT2D eigenvalue weighted by molar-refractivity contribution is 9.09. The fraction of sp³-hybridized carbons (Fsp3) is 0.222. The van der Waals surface area contributed by atoms with Gasteiger partial charge in [-0.15, -0.1) is 0 Å². The van der Waals surface area contributed by atoms with Crippen LogP contribution < -0.4 is 0 Å². The molecule has 0 unspecified atom stereocenters. The van der Waals surface area contributed by atoms with Crippen molar-refractivity contribution in [1.29, 1.82) is 0 Å². The first-order chi connectivity index (χ1) is 7.27. The zero-order valence-corrected chi connectivity index (χ0v) is 9.88. The van der Waals surface area contributed by atoms with E-state index in [4.69, 9.17) is 11.6 Å². The number of ketones is 1. The Balaban J connectivity index is 3.51. The molecule has 1 aromatic rings. The molecule has 0 saturated heterocycles. The number of halogens is 6. The Labute approximate surface area is 102 Å². The summed E-state index contributed by atoms with van der Waals surface area (Å²) in [7, 11) is 0. The van der Waals surface area contributed by atoms with Crippen molar-refractivity contribution in [2.24, 2.45) is 0 Å². The highest BCUT2D eigenvalue weighted by atomic mass is 79.9. The van der Waals surface area contributed by atoms with E-state index in [0.717, 1.165) is 0 Å². The zero-order valence-electron chi connectivity index (χ0n) is 7.54. The van der Waals surface area contributed by atoms with Crippen LogP contribution in [0.1, 0.15) is 15.9 Å². The van der Waals surface area contributed by atoms with Gasteiger partial charge in [-0.3, -0.25) is 4.79 Å². The third kappa shape index (κ3) is 2.74. The number of benzene rings is 1. The smallest absolute Gasteiger partial charge is 0.293 e. The number of Topliss-reactive ketones (excluding diaryl/α,β-unsaturated/α-hetero) is 1. The van der Waals surface area contributed by atoms with Crippen molar-refractivity contribution in [2.75, 3.05) is 5.33 Å². The van der Waals surface area contributed by atoms with E-state index in [-0.39, 0.29) is 11.4 Å². The Kier molecular flexibility index (Phi) is 3.96. The van der Waals surface area contributed by atoms with Gasteiger partial charge in [-0.2, -0.15) is 13.2 Å². The molecule has 0 N–H and O–H groups in total. The first kappa shape index (κ1) is 13.4. The molecule has 88 valence electrons. The van der Waals surface area contributed by atoms with Crippen LogP contribution in [0.2, 0.25) is 5.02 Å². The molecule has 0 aliphatic rings. The maximum Gasteiger partial charge on any atom is 0.417 e. The maximum atomic E-state index is 12.8. The quantitative estimate of drug-likeness (QED) is 0.456. The maximum absolute atomic E-state index is 12.8. The van der Waals surface area contributed by atoms with Crippen LogP contribution in [0.5, 0.6) is 0 Å². The van der Waals surface area contributed by atoms with Crippen LogP contribution in [0, 0.1) is 5.82 Å². The van der Waals surface area contributed by atoms with E-state index in [2.05, 4.69) is 15.9 Å². The van der Waals surface area contributed by atoms with Gasteiger partial charge in [0.1, 0.15) is 5.82 Å². The molecule has 0 amide bonds. The summed E-state index contributed by atoms with van der Waals surface area (Å²) >= 11 is 8.17. The molecule has 1 rings (SSSR count). The third-order valence-electron chi connectivity index (χ3n) is 1.76. The van der Waals surface area contributed by atoms with Gasteiger partial charge < -0.3 is 0 Å². The van der Waals surface area contributed by atoms with Crippen molar-refractivity contribution in [1.82, 2.24) is 0 Å². The second-order valence-corrected chi connectivity index (χ2v) is 3.83. The summed E-state index contributed by atoms with van der Waals surface area (Å²) in [4.78, 5) is 11.3. The average molecular weight is 319 g/mol. The molecule has 0 fully saturated rings. The summed E-state index contributed by atoms with van der Waals surface area (Å²) < 4.78 is 50.3. The largest absolute Gasteiger partial charge is 0.417 e. The molecule has 1 nitrogen and oxygen atoms in total. The van der Waals surface area contributed by atoms with Crippen molar-refractivity contribution in [3.8, 4) is 0 Å². The average Bonchev–Trinajstić information content (AvgIpc) is 2.14. The molecule has 7 heteroatoms. The molecule has 1 aromatic carbocycles. The monoisotopic (exact) mass is 318 g/mol. The van der Waals surface area contributed by atoms with Gasteiger partial charge in [-0.1, -0.05) is 27.5 Å². The van der Waals surface area contributed by atoms with Crippen molar-refractivity contribution in [2.45, 2.75) is 6.18 Å². The van der Waals surface area contributed by atoms with Crippen LogP contribution in [0.4, 0.5) is 17.6 Å². The molecule has 0 spiro atoms. The van der Waals surface area contributed by atoms with Crippen LogP contribution in [0.3, 0.4) is 0 Å². The Morgan fingerprint density at radius 2 is 1.94 bits per heavy atom. The van der Waals surface area contributed by atoms with Gasteiger partial charge in [0, 0.05) is 5.56 Å². The number of hydrogen-bond acceptors (Lipinski definition) is 1. The van der Waals surface area contributed by atoms with Crippen LogP contribution in [-0.2, 0) is 6.18 Å². The van der Waals surface area contributed by atoms with Crippen LogP contribution in [0.25, 0.3) is 0 Å². The van der Waals surface area contributed by atoms with E-state index < -0.39 is 33.9 Å². The van der Waals surface area contributed by atoms with E-state index in [1.807, 2.05) is 0 Å². The summed E-state index contributed by atoms with van der Waals surface area (Å²) in [5, 5.41) is -0.863. The minimum Gasteiger partial charge on any atom is -0.293 e. The molecule has 0 radical (unpaired) electrons. The van der Waals surface area contributed by atoms with Gasteiger partial charge in [0.15, 0.2) is 5.78 Å². The van der Waals surface area contributed by atoms with E-state index in [9.17, 15) is 22.4 Å². The van der Waals surface area contributed by atoms with E-state index in [1.54, 1.807) is 0 Å². The molecule has 0 aliphatic carbocycles. The van der Waals surface area contributed by atoms with Crippen molar-refractivity contribution < 1.29 is 22.4 Å². The summed E-state index contributed by atoms with van der Waals surface area (Å²) in [6, 6.07) is 0.925. The van der Waals surface area contributed by atoms with Crippen molar-refractivity contribution >= 4 is 33.3 Å². The lowest BCUT2D eigenvalue weighted by atomic mass is 10.0. The number of carbonyl (C=O) groups is 1. The van der Waals surface area contributed by atoms with Crippen molar-refractivity contribution in [3.63, 3.8) is 0 Å². The molecule has 0 bridgehead atoms. The number of carbonyl (C=O) groups excluding carboxylic acids is 1. The Bertz CT molecular complexity index is 430. The van der Waals surface area contributed by atoms with Crippen LogP contribution >= 0.6 is 27.5 Å². The zero-order chi connectivity index (χ0) is 12.5. The minimum absolute atomic E-state index is 0.252. The van der Waals surface area contributed by atoms with Gasteiger partial charge in [0.05, 0.1) is 15.9 Å². The van der Waals surface area contributed by atoms with E-state index in [1.165, 1.54) is 0 Å². The molecule has 16 heavy (non-hydrogen) atoms. The van der Waals surface area contributed by atoms with Gasteiger partial charge >= 0.3 is 6.18 Å². The SMILES string of the molecule is O=C(CBr)c1c(Cl)cc(F)cc1C(F)(F)F. The lowest BCUT2D eigenvalue weighted by Crippen LogP contribution is -2.15. The third-order valence-corrected chi connectivity index (χ3v) is 2.57. The second-order valence-electron chi connectivity index (χ2n) is 2.86. The summed E-state index contributed by atoms with van der Waals surface area (Å²) in [6.07, 6.45) is -4.82. The van der Waals surface area contributed by atoms with Crippen molar-refractivity contribution in [3.05, 3.63) is 34.1 Å². The molecular formula is C9H4BrClF4O. The predicted octanol–water partition coefficient (Wildman–Crippen LogP) is 4.08. The Morgan fingerprint density at radius 1 is 1.38 bits per heavy atom. The standard InChI is InChI=1S/C9H4BrClF4O/c10-3-7(16)8-5(9(13,14)15)1-4(12)2-6(8)11/h1-2H,3H2. The Hall–Kier alpha value is -0.620. The van der Waals surface area contributed by atoms with Gasteiger partial charge in [-0.25, -0.2) is 4.39 Å². The van der Waals surface area contributed by atoms with Gasteiger partial charge in [0.25, 0.3) is 0 Å². The molecule has 0 saturated carbocycles. The minimum atomic E-state index is -4.82. The highest BCUT2D eigenvalue weighted by Gasteiger charge is 2.36. The number of alkyl halides is 4. The predicted molar refractivity (Wildman–Crippen MR) is 54.5 cm³/mol. The molecule has 0 aromatic heterocycles. The summed E-state index contributed by atoms with van der Waals surface area (Å²) in [6.45, 7) is 0. The lowest BCUT2D eigenvalue weighted by molar-refractivity contribution is -0.138. The number of rotatable bonds is 2. The Morgan fingerprint density at radius 3 is 2.38 bits per heavy atom. The fourth-order valence-corrected chi connectivity index (χ4v) is 1.74. The van der Waals surface area contributed by atoms with E-state index >= 15 is 0 Å². The highest BCUT2D eigenvalue weighted by Crippen LogP contribution is 2.36. The second kappa shape index (κ2) is 4.71. The molecule has 0 aliphatic heterocycles. The first-order valence-electron chi connectivity index (χ1n) is 3.92. The molecule has 0 atom stereocenters. The fourth-order valence-electron chi connectivity index (χ4n) is 1.15. The summed E-state index contributed by atoms with van der Waals surface area (Å²) in [5.41, 5.74) is -2.07. The topological polar surface area (TPSA) is 17.1 Å². The first-order valence-corrected chi connectivity index (χ1v) is 5.42. The normalized spacial score (nSPS) is 11.6. The number of hydrogen-bond donors (Lipinski definition) is 0. The van der Waals surface area contributed by atoms with Crippen LogP contribution in [-0.4, -0.2) is 11.1 Å².